The molecule has 0 aromatic heterocycles. The Morgan fingerprint density at radius 2 is 1.90 bits per heavy atom. The molecule has 0 atom stereocenters. The summed E-state index contributed by atoms with van der Waals surface area (Å²) < 4.78 is 0. The van der Waals surface area contributed by atoms with E-state index in [4.69, 9.17) is 5.11 Å². The average Bonchev–Trinajstić information content (AvgIpc) is 2.15. The molecule has 0 spiro atoms. The number of rotatable bonds is 2. The van der Waals surface area contributed by atoms with Gasteiger partial charge in [0.2, 0.25) is 0 Å². The van der Waals surface area contributed by atoms with Gasteiger partial charge in [0.15, 0.2) is 0 Å². The second kappa shape index (κ2) is 5.16. The number of aliphatic carboxylic acids is 1. The van der Waals surface area contributed by atoms with E-state index < -0.39 is 5.97 Å². The molecule has 0 bridgehead atoms. The average molecular weight is 152 g/mol. The van der Waals surface area contributed by atoms with Crippen molar-refractivity contribution in [3.05, 3.63) is 0 Å². The molecule has 10 heavy (non-hydrogen) atoms. The van der Waals surface area contributed by atoms with E-state index in [-0.39, 0.29) is 29.6 Å². The van der Waals surface area contributed by atoms with Crippen LogP contribution in [-0.4, -0.2) is 40.6 Å². The molecule has 1 N–H and O–H groups in total. The summed E-state index contributed by atoms with van der Waals surface area (Å²) in [6, 6.07) is 0. The summed E-state index contributed by atoms with van der Waals surface area (Å²) >= 11 is 0. The van der Waals surface area contributed by atoms with Gasteiger partial charge in [0.05, 0.1) is 0 Å². The third kappa shape index (κ3) is 3.59. The van der Waals surface area contributed by atoms with Crippen molar-refractivity contribution in [2.75, 3.05) is 0 Å². The van der Waals surface area contributed by atoms with Crippen molar-refractivity contribution in [3.8, 4) is 0 Å². The molecule has 1 aliphatic rings. The summed E-state index contributed by atoms with van der Waals surface area (Å²) in [5.74, 6) is -0.149. The monoisotopic (exact) mass is 152 g/mol. The van der Waals surface area contributed by atoms with Crippen LogP contribution < -0.4 is 0 Å². The summed E-state index contributed by atoms with van der Waals surface area (Å²) in [5, 5.41) is 8.37. The van der Waals surface area contributed by atoms with Gasteiger partial charge in [0.25, 0.3) is 0 Å². The maximum atomic E-state index is 10.2. The SMILES string of the molecule is O=C(O)CC1CCCC1.[NaH]. The van der Waals surface area contributed by atoms with Crippen molar-refractivity contribution in [1.29, 1.82) is 0 Å². The molecule has 0 aromatic carbocycles. The number of hydrogen-bond donors (Lipinski definition) is 1. The molecule has 1 saturated carbocycles. The molecule has 0 unspecified atom stereocenters. The fourth-order valence-corrected chi connectivity index (χ4v) is 1.46. The molecule has 2 nitrogen and oxygen atoms in total. The zero-order chi connectivity index (χ0) is 6.69. The zero-order valence-electron chi connectivity index (χ0n) is 5.47. The van der Waals surface area contributed by atoms with Gasteiger partial charge >= 0.3 is 35.5 Å². The second-order valence-electron chi connectivity index (χ2n) is 2.75. The Kier molecular flexibility index (Phi) is 5.41. The molecule has 3 heteroatoms. The Balaban J connectivity index is 0.000000810. The van der Waals surface area contributed by atoms with Crippen LogP contribution in [0.3, 0.4) is 0 Å². The van der Waals surface area contributed by atoms with Crippen LogP contribution in [0.1, 0.15) is 32.1 Å². The standard InChI is InChI=1S/C7H12O2.Na.H/c8-7(9)5-6-3-1-2-4-6;;/h6H,1-5H2,(H,8,9);;. The number of carbonyl (C=O) groups is 1. The van der Waals surface area contributed by atoms with Gasteiger partial charge in [-0.25, -0.2) is 0 Å². The van der Waals surface area contributed by atoms with E-state index in [0.717, 1.165) is 12.8 Å². The first-order chi connectivity index (χ1) is 4.29. The van der Waals surface area contributed by atoms with Gasteiger partial charge < -0.3 is 5.11 Å². The number of hydrogen-bond acceptors (Lipinski definition) is 1. The molecule has 54 valence electrons. The van der Waals surface area contributed by atoms with Crippen molar-refractivity contribution < 1.29 is 9.90 Å². The normalized spacial score (nSPS) is 18.4. The van der Waals surface area contributed by atoms with E-state index in [1.807, 2.05) is 0 Å². The first kappa shape index (κ1) is 10.5. The molecule has 1 fully saturated rings. The van der Waals surface area contributed by atoms with E-state index >= 15 is 0 Å². The van der Waals surface area contributed by atoms with Crippen molar-refractivity contribution in [2.45, 2.75) is 32.1 Å². The fourth-order valence-electron chi connectivity index (χ4n) is 1.46. The molecular weight excluding hydrogens is 139 g/mol. The molecule has 0 saturated heterocycles. The van der Waals surface area contributed by atoms with Gasteiger partial charge in [0.1, 0.15) is 0 Å². The molecule has 0 heterocycles. The van der Waals surface area contributed by atoms with E-state index in [0.29, 0.717) is 12.3 Å². The third-order valence-electron chi connectivity index (χ3n) is 1.94. The first-order valence-corrected chi connectivity index (χ1v) is 3.51. The van der Waals surface area contributed by atoms with Crippen LogP contribution in [0.15, 0.2) is 0 Å². The molecule has 0 aromatic rings. The summed E-state index contributed by atoms with van der Waals surface area (Å²) in [4.78, 5) is 10.2. The minimum absolute atomic E-state index is 0. The van der Waals surface area contributed by atoms with Gasteiger partial charge in [-0.05, 0) is 18.8 Å². The topological polar surface area (TPSA) is 37.3 Å². The Morgan fingerprint density at radius 3 is 2.30 bits per heavy atom. The van der Waals surface area contributed by atoms with Crippen LogP contribution in [-0.2, 0) is 4.79 Å². The molecule has 0 amide bonds. The quantitative estimate of drug-likeness (QED) is 0.599. The van der Waals surface area contributed by atoms with Crippen molar-refractivity contribution in [1.82, 2.24) is 0 Å². The van der Waals surface area contributed by atoms with Gasteiger partial charge in [-0.1, -0.05) is 12.8 Å². The van der Waals surface area contributed by atoms with Gasteiger partial charge in [0, 0.05) is 6.42 Å². The fraction of sp³-hybridized carbons (Fsp3) is 0.857. The third-order valence-corrected chi connectivity index (χ3v) is 1.94. The van der Waals surface area contributed by atoms with Crippen molar-refractivity contribution in [3.63, 3.8) is 0 Å². The van der Waals surface area contributed by atoms with Gasteiger partial charge in [-0.2, -0.15) is 0 Å². The van der Waals surface area contributed by atoms with Crippen molar-refractivity contribution >= 4 is 35.5 Å². The van der Waals surface area contributed by atoms with Crippen LogP contribution in [0.2, 0.25) is 0 Å². The Morgan fingerprint density at radius 1 is 1.40 bits per heavy atom. The molecular formula is C7H13NaO2. The maximum absolute atomic E-state index is 10.2. The summed E-state index contributed by atoms with van der Waals surface area (Å²) in [7, 11) is 0. The van der Waals surface area contributed by atoms with E-state index in [2.05, 4.69) is 0 Å². The Labute approximate surface area is 83.3 Å². The molecule has 0 aliphatic heterocycles. The summed E-state index contributed by atoms with van der Waals surface area (Å²) in [5.41, 5.74) is 0. The van der Waals surface area contributed by atoms with Crippen LogP contribution in [0.5, 0.6) is 0 Å². The van der Waals surface area contributed by atoms with E-state index in [9.17, 15) is 4.79 Å². The van der Waals surface area contributed by atoms with E-state index in [1.54, 1.807) is 0 Å². The van der Waals surface area contributed by atoms with Crippen LogP contribution >= 0.6 is 0 Å². The second-order valence-corrected chi connectivity index (χ2v) is 2.75. The minimum atomic E-state index is -0.637. The van der Waals surface area contributed by atoms with Crippen molar-refractivity contribution in [2.24, 2.45) is 5.92 Å². The predicted molar refractivity (Wildman–Crippen MR) is 41.4 cm³/mol. The Bertz CT molecular complexity index is 108. The number of carboxylic acid groups (broad SMARTS) is 1. The van der Waals surface area contributed by atoms with E-state index in [1.165, 1.54) is 12.8 Å². The van der Waals surface area contributed by atoms with Gasteiger partial charge in [-0.3, -0.25) is 4.79 Å². The molecule has 0 radical (unpaired) electrons. The first-order valence-electron chi connectivity index (χ1n) is 3.51. The zero-order valence-corrected chi connectivity index (χ0v) is 5.47. The molecule has 1 aliphatic carbocycles. The molecule has 1 rings (SSSR count). The van der Waals surface area contributed by atoms with Gasteiger partial charge in [-0.15, -0.1) is 0 Å². The van der Waals surface area contributed by atoms with Crippen LogP contribution in [0, 0.1) is 5.92 Å². The van der Waals surface area contributed by atoms with Crippen LogP contribution in [0.4, 0.5) is 0 Å². The summed E-state index contributed by atoms with van der Waals surface area (Å²) in [6.07, 6.45) is 5.12. The summed E-state index contributed by atoms with van der Waals surface area (Å²) in [6.45, 7) is 0. The number of carboxylic acids is 1. The van der Waals surface area contributed by atoms with Crippen LogP contribution in [0.25, 0.3) is 0 Å². The Hall–Kier alpha value is 0.470. The predicted octanol–water partition coefficient (Wildman–Crippen LogP) is 1.00.